The van der Waals surface area contributed by atoms with E-state index >= 15 is 0 Å². The summed E-state index contributed by atoms with van der Waals surface area (Å²) in [6.07, 6.45) is 2.29. The molecule has 3 heteroatoms. The maximum Gasteiger partial charge on any atom is 0.0685 e. The molecule has 0 radical (unpaired) electrons. The van der Waals surface area contributed by atoms with Crippen molar-refractivity contribution in [1.29, 1.82) is 0 Å². The van der Waals surface area contributed by atoms with Crippen LogP contribution >= 0.6 is 0 Å². The SMILES string of the molecule is CCCNC1CCOCC1N(CC)c1ccccc1C. The first-order chi connectivity index (χ1) is 9.77. The van der Waals surface area contributed by atoms with E-state index in [1.807, 2.05) is 0 Å². The molecule has 1 aliphatic heterocycles. The van der Waals surface area contributed by atoms with Gasteiger partial charge in [-0.1, -0.05) is 25.1 Å². The van der Waals surface area contributed by atoms with Crippen molar-refractivity contribution in [2.45, 2.75) is 45.7 Å². The number of benzene rings is 1. The van der Waals surface area contributed by atoms with Crippen molar-refractivity contribution < 1.29 is 4.74 Å². The van der Waals surface area contributed by atoms with E-state index in [0.29, 0.717) is 12.1 Å². The number of aryl methyl sites for hydroxylation is 1. The van der Waals surface area contributed by atoms with Crippen molar-refractivity contribution in [3.63, 3.8) is 0 Å². The normalized spacial score (nSPS) is 22.8. The summed E-state index contributed by atoms with van der Waals surface area (Å²) in [6, 6.07) is 9.62. The number of hydrogen-bond acceptors (Lipinski definition) is 3. The summed E-state index contributed by atoms with van der Waals surface area (Å²) in [4.78, 5) is 2.50. The van der Waals surface area contributed by atoms with Gasteiger partial charge in [0.05, 0.1) is 12.6 Å². The topological polar surface area (TPSA) is 24.5 Å². The number of anilines is 1. The van der Waals surface area contributed by atoms with Gasteiger partial charge in [-0.05, 0) is 44.9 Å². The van der Waals surface area contributed by atoms with Gasteiger partial charge in [0.1, 0.15) is 0 Å². The van der Waals surface area contributed by atoms with Gasteiger partial charge in [0.15, 0.2) is 0 Å². The molecule has 1 aromatic carbocycles. The largest absolute Gasteiger partial charge is 0.379 e. The van der Waals surface area contributed by atoms with Gasteiger partial charge in [-0.2, -0.15) is 0 Å². The van der Waals surface area contributed by atoms with Gasteiger partial charge in [0.25, 0.3) is 0 Å². The van der Waals surface area contributed by atoms with Crippen LogP contribution in [0, 0.1) is 6.92 Å². The first-order valence-electron chi connectivity index (χ1n) is 7.91. The van der Waals surface area contributed by atoms with Crippen LogP contribution in [0.1, 0.15) is 32.3 Å². The van der Waals surface area contributed by atoms with Crippen LogP contribution in [0.15, 0.2) is 24.3 Å². The summed E-state index contributed by atoms with van der Waals surface area (Å²) < 4.78 is 5.75. The number of hydrogen-bond donors (Lipinski definition) is 1. The zero-order valence-electron chi connectivity index (χ0n) is 13.1. The fraction of sp³-hybridized carbons (Fsp3) is 0.647. The minimum atomic E-state index is 0.432. The van der Waals surface area contributed by atoms with Crippen molar-refractivity contribution in [2.24, 2.45) is 0 Å². The standard InChI is InChI=1S/C17H28N2O/c1-4-11-18-15-10-12-20-13-17(15)19(5-2)16-9-7-6-8-14(16)3/h6-9,15,17-18H,4-5,10-13H2,1-3H3. The van der Waals surface area contributed by atoms with Gasteiger partial charge in [0, 0.05) is 24.9 Å². The predicted molar refractivity (Wildman–Crippen MR) is 85.5 cm³/mol. The number of likely N-dealkylation sites (N-methyl/N-ethyl adjacent to an activating group) is 1. The van der Waals surface area contributed by atoms with Crippen LogP contribution in [0.5, 0.6) is 0 Å². The minimum absolute atomic E-state index is 0.432. The summed E-state index contributed by atoms with van der Waals surface area (Å²) in [7, 11) is 0. The molecular weight excluding hydrogens is 248 g/mol. The van der Waals surface area contributed by atoms with Crippen molar-refractivity contribution >= 4 is 5.69 Å². The molecule has 112 valence electrons. The summed E-state index contributed by atoms with van der Waals surface area (Å²) in [5, 5.41) is 3.70. The van der Waals surface area contributed by atoms with E-state index in [-0.39, 0.29) is 0 Å². The lowest BCUT2D eigenvalue weighted by Crippen LogP contribution is -2.56. The van der Waals surface area contributed by atoms with Gasteiger partial charge in [-0.3, -0.25) is 0 Å². The lowest BCUT2D eigenvalue weighted by atomic mass is 10.00. The fourth-order valence-electron chi connectivity index (χ4n) is 3.07. The average Bonchev–Trinajstić information content (AvgIpc) is 2.49. The second kappa shape index (κ2) is 7.65. The highest BCUT2D eigenvalue weighted by molar-refractivity contribution is 5.54. The average molecular weight is 276 g/mol. The van der Waals surface area contributed by atoms with Gasteiger partial charge in [-0.25, -0.2) is 0 Å². The van der Waals surface area contributed by atoms with E-state index in [0.717, 1.165) is 32.7 Å². The number of ether oxygens (including phenoxy) is 1. The highest BCUT2D eigenvalue weighted by Gasteiger charge is 2.30. The van der Waals surface area contributed by atoms with Crippen LogP contribution in [0.4, 0.5) is 5.69 Å². The van der Waals surface area contributed by atoms with Crippen LogP contribution in [0.3, 0.4) is 0 Å². The minimum Gasteiger partial charge on any atom is -0.379 e. The third-order valence-corrected chi connectivity index (χ3v) is 4.15. The Morgan fingerprint density at radius 3 is 2.80 bits per heavy atom. The van der Waals surface area contributed by atoms with E-state index in [2.05, 4.69) is 55.3 Å². The van der Waals surface area contributed by atoms with E-state index in [1.54, 1.807) is 0 Å². The lowest BCUT2D eigenvalue weighted by Gasteiger charge is -2.41. The molecule has 1 N–H and O–H groups in total. The molecule has 1 saturated heterocycles. The molecule has 0 amide bonds. The van der Waals surface area contributed by atoms with E-state index in [4.69, 9.17) is 4.74 Å². The number of para-hydroxylation sites is 1. The molecule has 3 nitrogen and oxygen atoms in total. The van der Waals surface area contributed by atoms with E-state index in [9.17, 15) is 0 Å². The molecule has 2 unspecified atom stereocenters. The van der Waals surface area contributed by atoms with Crippen LogP contribution in [-0.2, 0) is 4.74 Å². The smallest absolute Gasteiger partial charge is 0.0685 e. The number of nitrogens with zero attached hydrogens (tertiary/aromatic N) is 1. The maximum atomic E-state index is 5.75. The monoisotopic (exact) mass is 276 g/mol. The third kappa shape index (κ3) is 3.53. The van der Waals surface area contributed by atoms with Crippen LogP contribution in [0.25, 0.3) is 0 Å². The highest BCUT2D eigenvalue weighted by atomic mass is 16.5. The highest BCUT2D eigenvalue weighted by Crippen LogP contribution is 2.25. The Kier molecular flexibility index (Phi) is 5.86. The Balaban J connectivity index is 2.17. The number of nitrogens with one attached hydrogen (secondary N) is 1. The molecular formula is C17H28N2O. The van der Waals surface area contributed by atoms with Gasteiger partial charge in [-0.15, -0.1) is 0 Å². The van der Waals surface area contributed by atoms with Crippen molar-refractivity contribution in [1.82, 2.24) is 5.32 Å². The molecule has 1 fully saturated rings. The van der Waals surface area contributed by atoms with Crippen LogP contribution in [-0.4, -0.2) is 38.4 Å². The number of rotatable bonds is 6. The molecule has 1 aliphatic rings. The molecule has 20 heavy (non-hydrogen) atoms. The summed E-state index contributed by atoms with van der Waals surface area (Å²) >= 11 is 0. The first kappa shape index (κ1) is 15.3. The molecule has 0 aliphatic carbocycles. The Morgan fingerprint density at radius 2 is 2.10 bits per heavy atom. The predicted octanol–water partition coefficient (Wildman–Crippen LogP) is 2.98. The van der Waals surface area contributed by atoms with E-state index < -0.39 is 0 Å². The first-order valence-corrected chi connectivity index (χ1v) is 7.91. The summed E-state index contributed by atoms with van der Waals surface area (Å²) in [5.74, 6) is 0. The quantitative estimate of drug-likeness (QED) is 0.864. The third-order valence-electron chi connectivity index (χ3n) is 4.15. The van der Waals surface area contributed by atoms with E-state index in [1.165, 1.54) is 17.7 Å². The van der Waals surface area contributed by atoms with Crippen molar-refractivity contribution in [2.75, 3.05) is 31.2 Å². The van der Waals surface area contributed by atoms with Gasteiger partial charge >= 0.3 is 0 Å². The molecule has 1 heterocycles. The zero-order valence-corrected chi connectivity index (χ0v) is 13.1. The maximum absolute atomic E-state index is 5.75. The molecule has 0 aromatic heterocycles. The zero-order chi connectivity index (χ0) is 14.4. The molecule has 1 aromatic rings. The second-order valence-corrected chi connectivity index (χ2v) is 5.56. The Bertz CT molecular complexity index is 408. The summed E-state index contributed by atoms with van der Waals surface area (Å²) in [5.41, 5.74) is 2.68. The van der Waals surface area contributed by atoms with Gasteiger partial charge < -0.3 is 15.0 Å². The van der Waals surface area contributed by atoms with Gasteiger partial charge in [0.2, 0.25) is 0 Å². The molecule has 2 rings (SSSR count). The molecule has 0 spiro atoms. The molecule has 2 atom stereocenters. The fourth-order valence-corrected chi connectivity index (χ4v) is 3.07. The Labute approximate surface area is 123 Å². The Hall–Kier alpha value is -1.06. The molecule has 0 bridgehead atoms. The Morgan fingerprint density at radius 1 is 1.30 bits per heavy atom. The van der Waals surface area contributed by atoms with Crippen LogP contribution in [0.2, 0.25) is 0 Å². The summed E-state index contributed by atoms with van der Waals surface area (Å²) in [6.45, 7) is 10.5. The molecule has 0 saturated carbocycles. The van der Waals surface area contributed by atoms with Crippen molar-refractivity contribution in [3.8, 4) is 0 Å². The second-order valence-electron chi connectivity index (χ2n) is 5.56. The van der Waals surface area contributed by atoms with Crippen molar-refractivity contribution in [3.05, 3.63) is 29.8 Å². The van der Waals surface area contributed by atoms with Crippen LogP contribution < -0.4 is 10.2 Å². The lowest BCUT2D eigenvalue weighted by molar-refractivity contribution is 0.0592.